The summed E-state index contributed by atoms with van der Waals surface area (Å²) in [7, 11) is 0. The van der Waals surface area contributed by atoms with Crippen LogP contribution in [-0.4, -0.2) is 30.1 Å². The van der Waals surface area contributed by atoms with Gasteiger partial charge in [-0.25, -0.2) is 5.43 Å². The maximum absolute atomic E-state index is 12.0. The monoisotopic (exact) mass is 354 g/mol. The van der Waals surface area contributed by atoms with Crippen LogP contribution in [0.1, 0.15) is 25.0 Å². The zero-order chi connectivity index (χ0) is 18.9. The summed E-state index contributed by atoms with van der Waals surface area (Å²) in [5.74, 6) is -0.248. The van der Waals surface area contributed by atoms with Crippen molar-refractivity contribution in [1.29, 1.82) is 0 Å². The Morgan fingerprint density at radius 1 is 1.19 bits per heavy atom. The Bertz CT molecular complexity index is 787. The van der Waals surface area contributed by atoms with Crippen LogP contribution in [0.15, 0.2) is 53.6 Å². The van der Waals surface area contributed by atoms with Crippen LogP contribution in [0, 0.1) is 10.1 Å². The van der Waals surface area contributed by atoms with Crippen LogP contribution in [0.5, 0.6) is 0 Å². The van der Waals surface area contributed by atoms with E-state index >= 15 is 0 Å². The predicted molar refractivity (Wildman–Crippen MR) is 103 cm³/mol. The van der Waals surface area contributed by atoms with Crippen molar-refractivity contribution in [2.75, 3.05) is 18.0 Å². The Kier molecular flexibility index (Phi) is 6.84. The van der Waals surface area contributed by atoms with E-state index in [0.717, 1.165) is 24.3 Å². The quantitative estimate of drug-likeness (QED) is 0.448. The molecule has 2 rings (SSSR count). The van der Waals surface area contributed by atoms with E-state index in [-0.39, 0.29) is 18.0 Å². The molecule has 0 fully saturated rings. The summed E-state index contributed by atoms with van der Waals surface area (Å²) in [6.07, 6.45) is 1.67. The van der Waals surface area contributed by atoms with Crippen molar-refractivity contribution in [3.63, 3.8) is 0 Å². The molecule has 0 saturated carbocycles. The summed E-state index contributed by atoms with van der Waals surface area (Å²) in [6, 6.07) is 14.0. The number of nitro benzene ring substituents is 1. The van der Waals surface area contributed by atoms with Gasteiger partial charge in [0.2, 0.25) is 5.91 Å². The molecule has 0 unspecified atom stereocenters. The van der Waals surface area contributed by atoms with Gasteiger partial charge in [-0.2, -0.15) is 5.10 Å². The standard InChI is InChI=1S/C19H22N4O3/c1-3-22(4-2)18-11-10-17(23(25)26)13-16(18)14-20-21-19(24)12-15-8-6-5-7-9-15/h5-11,13-14H,3-4,12H2,1-2H3,(H,21,24)/b20-14+. The van der Waals surface area contributed by atoms with Crippen LogP contribution >= 0.6 is 0 Å². The lowest BCUT2D eigenvalue weighted by Crippen LogP contribution is -2.23. The molecule has 1 N–H and O–H groups in total. The zero-order valence-electron chi connectivity index (χ0n) is 14.9. The van der Waals surface area contributed by atoms with Crippen LogP contribution < -0.4 is 10.3 Å². The fraction of sp³-hybridized carbons (Fsp3) is 0.263. The van der Waals surface area contributed by atoms with E-state index in [1.165, 1.54) is 18.3 Å². The number of hydrazone groups is 1. The maximum atomic E-state index is 12.0. The summed E-state index contributed by atoms with van der Waals surface area (Å²) >= 11 is 0. The lowest BCUT2D eigenvalue weighted by molar-refractivity contribution is -0.384. The lowest BCUT2D eigenvalue weighted by Gasteiger charge is -2.22. The Morgan fingerprint density at radius 3 is 2.50 bits per heavy atom. The number of nitrogens with one attached hydrogen (secondary N) is 1. The number of benzene rings is 2. The second-order valence-corrected chi connectivity index (χ2v) is 5.63. The molecular weight excluding hydrogens is 332 g/mol. The number of nitro groups is 1. The van der Waals surface area contributed by atoms with Gasteiger partial charge in [0.05, 0.1) is 17.6 Å². The van der Waals surface area contributed by atoms with Crippen molar-refractivity contribution in [1.82, 2.24) is 5.43 Å². The molecule has 7 nitrogen and oxygen atoms in total. The zero-order valence-corrected chi connectivity index (χ0v) is 14.9. The van der Waals surface area contributed by atoms with E-state index in [9.17, 15) is 14.9 Å². The highest BCUT2D eigenvalue weighted by Crippen LogP contribution is 2.24. The van der Waals surface area contributed by atoms with Gasteiger partial charge >= 0.3 is 0 Å². The number of carbonyl (C=O) groups excluding carboxylic acids is 1. The Morgan fingerprint density at radius 2 is 1.88 bits per heavy atom. The van der Waals surface area contributed by atoms with Crippen LogP contribution in [0.2, 0.25) is 0 Å². The molecule has 0 saturated heterocycles. The molecule has 2 aromatic rings. The van der Waals surface area contributed by atoms with Crippen LogP contribution in [0.4, 0.5) is 11.4 Å². The predicted octanol–water partition coefficient (Wildman–Crippen LogP) is 3.13. The largest absolute Gasteiger partial charge is 0.372 e. The molecule has 0 atom stereocenters. The Hall–Kier alpha value is -3.22. The fourth-order valence-electron chi connectivity index (χ4n) is 2.61. The van der Waals surface area contributed by atoms with E-state index in [1.807, 2.05) is 44.2 Å². The van der Waals surface area contributed by atoms with Gasteiger partial charge in [0.15, 0.2) is 0 Å². The first-order chi connectivity index (χ1) is 12.5. The number of anilines is 1. The molecule has 7 heteroatoms. The molecule has 2 aromatic carbocycles. The summed E-state index contributed by atoms with van der Waals surface area (Å²) in [5, 5.41) is 15.0. The second-order valence-electron chi connectivity index (χ2n) is 5.63. The molecule has 0 bridgehead atoms. The first-order valence-corrected chi connectivity index (χ1v) is 8.44. The molecule has 0 heterocycles. The molecule has 0 aliphatic carbocycles. The third kappa shape index (κ3) is 5.14. The summed E-state index contributed by atoms with van der Waals surface area (Å²) in [5.41, 5.74) is 4.77. The summed E-state index contributed by atoms with van der Waals surface area (Å²) in [4.78, 5) is 24.6. The average molecular weight is 354 g/mol. The van der Waals surface area contributed by atoms with Crippen LogP contribution in [0.25, 0.3) is 0 Å². The number of carbonyl (C=O) groups is 1. The lowest BCUT2D eigenvalue weighted by atomic mass is 10.1. The van der Waals surface area contributed by atoms with Gasteiger partial charge in [0.25, 0.3) is 5.69 Å². The van der Waals surface area contributed by atoms with Crippen molar-refractivity contribution >= 4 is 23.5 Å². The molecule has 1 amide bonds. The van der Waals surface area contributed by atoms with Gasteiger partial charge < -0.3 is 4.90 Å². The maximum Gasteiger partial charge on any atom is 0.270 e. The highest BCUT2D eigenvalue weighted by Gasteiger charge is 2.13. The SMILES string of the molecule is CCN(CC)c1ccc([N+](=O)[O-])cc1/C=N/NC(=O)Cc1ccccc1. The normalized spacial score (nSPS) is 10.7. The summed E-state index contributed by atoms with van der Waals surface area (Å²) < 4.78 is 0. The van der Waals surface area contributed by atoms with Crippen molar-refractivity contribution < 1.29 is 9.72 Å². The average Bonchev–Trinajstić information content (AvgIpc) is 2.64. The van der Waals surface area contributed by atoms with Crippen molar-refractivity contribution in [2.24, 2.45) is 5.10 Å². The molecule has 0 radical (unpaired) electrons. The van der Waals surface area contributed by atoms with Gasteiger partial charge in [-0.1, -0.05) is 30.3 Å². The minimum Gasteiger partial charge on any atom is -0.372 e. The number of hydrogen-bond donors (Lipinski definition) is 1. The van der Waals surface area contributed by atoms with Crippen molar-refractivity contribution in [2.45, 2.75) is 20.3 Å². The van der Waals surface area contributed by atoms with Crippen LogP contribution in [-0.2, 0) is 11.2 Å². The number of non-ortho nitro benzene ring substituents is 1. The Balaban J connectivity index is 2.15. The first kappa shape index (κ1) is 19.1. The van der Waals surface area contributed by atoms with Gasteiger partial charge in [-0.05, 0) is 25.5 Å². The van der Waals surface area contributed by atoms with E-state index in [0.29, 0.717) is 5.56 Å². The summed E-state index contributed by atoms with van der Waals surface area (Å²) in [6.45, 7) is 5.53. The second kappa shape index (κ2) is 9.31. The third-order valence-electron chi connectivity index (χ3n) is 3.93. The molecule has 26 heavy (non-hydrogen) atoms. The van der Waals surface area contributed by atoms with Crippen LogP contribution in [0.3, 0.4) is 0 Å². The van der Waals surface area contributed by atoms with Gasteiger partial charge in [0, 0.05) is 36.5 Å². The van der Waals surface area contributed by atoms with E-state index in [4.69, 9.17) is 0 Å². The van der Waals surface area contributed by atoms with Gasteiger partial charge in [-0.15, -0.1) is 0 Å². The molecule has 0 spiro atoms. The van der Waals surface area contributed by atoms with Crippen molar-refractivity contribution in [3.8, 4) is 0 Å². The first-order valence-electron chi connectivity index (χ1n) is 8.44. The van der Waals surface area contributed by atoms with Gasteiger partial charge in [-0.3, -0.25) is 14.9 Å². The molecule has 0 aliphatic rings. The topological polar surface area (TPSA) is 87.8 Å². The fourth-order valence-corrected chi connectivity index (χ4v) is 2.61. The number of amides is 1. The van der Waals surface area contributed by atoms with E-state index in [1.54, 1.807) is 6.07 Å². The minimum atomic E-state index is -0.447. The highest BCUT2D eigenvalue weighted by atomic mass is 16.6. The number of nitrogens with zero attached hydrogens (tertiary/aromatic N) is 3. The molecule has 0 aliphatic heterocycles. The van der Waals surface area contributed by atoms with E-state index in [2.05, 4.69) is 15.4 Å². The van der Waals surface area contributed by atoms with Gasteiger partial charge in [0.1, 0.15) is 0 Å². The minimum absolute atomic E-state index is 0.0158. The molecular formula is C19H22N4O3. The Labute approximate surface area is 152 Å². The molecule has 0 aromatic heterocycles. The third-order valence-corrected chi connectivity index (χ3v) is 3.93. The van der Waals surface area contributed by atoms with E-state index < -0.39 is 4.92 Å². The highest BCUT2D eigenvalue weighted by molar-refractivity contribution is 5.90. The van der Waals surface area contributed by atoms with Crippen molar-refractivity contribution in [3.05, 3.63) is 69.8 Å². The molecule has 136 valence electrons. The number of rotatable bonds is 8. The number of hydrogen-bond acceptors (Lipinski definition) is 5. The smallest absolute Gasteiger partial charge is 0.270 e.